The Kier molecular flexibility index (Phi) is 9.67. The minimum Gasteiger partial charge on any atom is -0.456 e. The smallest absolute Gasteiger partial charge is 0.137 e. The van der Waals surface area contributed by atoms with Crippen LogP contribution in [0.4, 0.5) is 34.1 Å². The number of rotatable bonds is 6. The fourth-order valence-corrected chi connectivity index (χ4v) is 11.9. The second-order valence-corrected chi connectivity index (χ2v) is 19.6. The molecule has 0 N–H and O–H groups in total. The third kappa shape index (κ3) is 6.91. The van der Waals surface area contributed by atoms with Crippen molar-refractivity contribution in [3.05, 3.63) is 277 Å². The lowest BCUT2D eigenvalue weighted by Crippen LogP contribution is -2.10. The summed E-state index contributed by atoms with van der Waals surface area (Å²) in [6, 6.07) is 92.7. The van der Waals surface area contributed by atoms with Crippen LogP contribution in [-0.2, 0) is 12.8 Å². The molecule has 15 rings (SSSR count). The molecule has 4 heteroatoms. The van der Waals surface area contributed by atoms with Gasteiger partial charge in [0.15, 0.2) is 0 Å². The van der Waals surface area contributed by atoms with Gasteiger partial charge in [-0.2, -0.15) is 0 Å². The molecule has 0 saturated heterocycles. The summed E-state index contributed by atoms with van der Waals surface area (Å²) in [5.41, 5.74) is 20.3. The summed E-state index contributed by atoms with van der Waals surface area (Å²) < 4.78 is 12.9. The van der Waals surface area contributed by atoms with Gasteiger partial charge in [-0.1, -0.05) is 158 Å². The second-order valence-electron chi connectivity index (χ2n) is 19.6. The number of hydrogen-bond donors (Lipinski definition) is 0. The van der Waals surface area contributed by atoms with E-state index in [1.807, 2.05) is 12.1 Å². The zero-order valence-corrected chi connectivity index (χ0v) is 40.4. The lowest BCUT2D eigenvalue weighted by atomic mass is 9.82. The summed E-state index contributed by atoms with van der Waals surface area (Å²) in [6.45, 7) is 0. The Morgan fingerprint density at radius 2 is 0.662 bits per heavy atom. The number of nitrogens with zero attached hydrogens (tertiary/aromatic N) is 2. The fraction of sp³-hybridized carbons (Fsp3) is 0.0286. The molecule has 0 amide bonds. The van der Waals surface area contributed by atoms with Crippen LogP contribution in [0.15, 0.2) is 264 Å². The first-order valence-corrected chi connectivity index (χ1v) is 25.5. The Morgan fingerprint density at radius 1 is 0.257 bits per heavy atom. The molecular weight excluding hydrogens is 901 g/mol. The average molecular weight is 947 g/mol. The highest BCUT2D eigenvalue weighted by molar-refractivity contribution is 6.15. The van der Waals surface area contributed by atoms with E-state index in [1.54, 1.807) is 0 Å². The highest BCUT2D eigenvalue weighted by Gasteiger charge is 2.24. The molecule has 12 aromatic carbocycles. The maximum Gasteiger partial charge on any atom is 0.137 e. The van der Waals surface area contributed by atoms with E-state index in [0.29, 0.717) is 0 Å². The molecule has 0 bridgehead atoms. The van der Waals surface area contributed by atoms with Crippen LogP contribution in [0.25, 0.3) is 87.7 Å². The van der Waals surface area contributed by atoms with Gasteiger partial charge in [-0.25, -0.2) is 0 Å². The first-order chi connectivity index (χ1) is 36.7. The maximum atomic E-state index is 6.44. The Bertz CT molecular complexity index is 4220. The Morgan fingerprint density at radius 3 is 1.14 bits per heavy atom. The van der Waals surface area contributed by atoms with E-state index in [-0.39, 0.29) is 0 Å². The van der Waals surface area contributed by atoms with Crippen molar-refractivity contribution < 1.29 is 8.83 Å². The van der Waals surface area contributed by atoms with Crippen LogP contribution in [0, 0.1) is 0 Å². The molecule has 1 aliphatic rings. The highest BCUT2D eigenvalue weighted by atomic mass is 16.3. The van der Waals surface area contributed by atoms with Gasteiger partial charge in [0.1, 0.15) is 22.3 Å². The lowest BCUT2D eigenvalue weighted by molar-refractivity contribution is 0.668. The maximum absolute atomic E-state index is 6.44. The molecule has 4 nitrogen and oxygen atoms in total. The zero-order valence-electron chi connectivity index (χ0n) is 40.4. The molecule has 0 aliphatic heterocycles. The number of furan rings is 2. The third-order valence-electron chi connectivity index (χ3n) is 15.3. The molecule has 0 saturated carbocycles. The summed E-state index contributed by atoms with van der Waals surface area (Å²) in [5.74, 6) is 0. The van der Waals surface area contributed by atoms with E-state index in [2.05, 4.69) is 252 Å². The van der Waals surface area contributed by atoms with Crippen LogP contribution in [-0.4, -0.2) is 0 Å². The Labute approximate surface area is 428 Å². The SMILES string of the molecule is c1ccc(N(c2ccc3cc4c(cc3c2)Cc2ccccc2-c2ccccc2Cc2cc3cc(N(c5ccccc5)c5cccc6oc7ccccc7c56)ccc3cc2-4)c2cccc3oc4ccccc4c23)cc1. The second kappa shape index (κ2) is 17.0. The van der Waals surface area contributed by atoms with Crippen molar-refractivity contribution in [1.29, 1.82) is 0 Å². The largest absolute Gasteiger partial charge is 0.456 e. The monoisotopic (exact) mass is 946 g/mol. The quantitative estimate of drug-likeness (QED) is 0.166. The van der Waals surface area contributed by atoms with Crippen molar-refractivity contribution in [2.45, 2.75) is 12.8 Å². The zero-order chi connectivity index (χ0) is 48.7. The van der Waals surface area contributed by atoms with Gasteiger partial charge >= 0.3 is 0 Å². The van der Waals surface area contributed by atoms with Crippen LogP contribution >= 0.6 is 0 Å². The summed E-state index contributed by atoms with van der Waals surface area (Å²) in [7, 11) is 0. The van der Waals surface area contributed by atoms with Crippen molar-refractivity contribution in [2.24, 2.45) is 0 Å². The van der Waals surface area contributed by atoms with Gasteiger partial charge in [-0.15, -0.1) is 0 Å². The molecule has 0 unspecified atom stereocenters. The third-order valence-corrected chi connectivity index (χ3v) is 15.3. The molecular formula is C70H46N2O2. The van der Waals surface area contributed by atoms with Crippen molar-refractivity contribution in [1.82, 2.24) is 0 Å². The van der Waals surface area contributed by atoms with E-state index >= 15 is 0 Å². The molecule has 0 atom stereocenters. The average Bonchev–Trinajstić information content (AvgIpc) is 4.04. The van der Waals surface area contributed by atoms with Crippen molar-refractivity contribution in [3.63, 3.8) is 0 Å². The molecule has 1 aliphatic carbocycles. The van der Waals surface area contributed by atoms with Crippen molar-refractivity contribution in [3.8, 4) is 22.3 Å². The fourth-order valence-electron chi connectivity index (χ4n) is 11.9. The number of para-hydroxylation sites is 4. The van der Waals surface area contributed by atoms with Crippen molar-refractivity contribution in [2.75, 3.05) is 9.80 Å². The first kappa shape index (κ1) is 42.1. The molecule has 348 valence electrons. The molecule has 0 spiro atoms. The summed E-state index contributed by atoms with van der Waals surface area (Å²) in [4.78, 5) is 4.77. The van der Waals surface area contributed by atoms with Crippen LogP contribution in [0.5, 0.6) is 0 Å². The Balaban J connectivity index is 0.929. The van der Waals surface area contributed by atoms with Gasteiger partial charge in [0.25, 0.3) is 0 Å². The van der Waals surface area contributed by atoms with Gasteiger partial charge in [-0.3, -0.25) is 0 Å². The van der Waals surface area contributed by atoms with E-state index in [4.69, 9.17) is 8.83 Å². The number of hydrogen-bond acceptors (Lipinski definition) is 4. The lowest BCUT2D eigenvalue weighted by Gasteiger charge is -2.27. The molecule has 14 aromatic rings. The van der Waals surface area contributed by atoms with E-state index in [9.17, 15) is 0 Å². The predicted molar refractivity (Wildman–Crippen MR) is 308 cm³/mol. The standard InChI is InChI=1S/C70H46N2O2/c1-3-19-53(20-4-1)71(63-27-15-31-67-69(63)59-25-11-13-29-65(59)73-67)55-35-33-45-43-61-51(39-49(45)41-55)37-47-17-7-9-23-57(47)58-24-10-8-18-48(58)38-52-40-50-42-56(36-34-46(50)44-62(52)61)72(54-21-5-2-6-22-54)64-28-16-32-68-70(64)60-26-12-14-30-66(60)74-68/h1-36,39-44H,37-38H2. The van der Waals surface area contributed by atoms with Gasteiger partial charge in [-0.05, 0) is 176 Å². The summed E-state index contributed by atoms with van der Waals surface area (Å²) in [6.07, 6.45) is 1.55. The van der Waals surface area contributed by atoms with Gasteiger partial charge < -0.3 is 18.6 Å². The Hall–Kier alpha value is -9.64. The van der Waals surface area contributed by atoms with Gasteiger partial charge in [0, 0.05) is 33.5 Å². The van der Waals surface area contributed by atoms with Crippen LogP contribution in [0.3, 0.4) is 0 Å². The molecule has 2 heterocycles. The van der Waals surface area contributed by atoms with Crippen LogP contribution in [0.2, 0.25) is 0 Å². The predicted octanol–water partition coefficient (Wildman–Crippen LogP) is 19.6. The van der Waals surface area contributed by atoms with Crippen LogP contribution in [0.1, 0.15) is 22.3 Å². The molecule has 0 radical (unpaired) electrons. The van der Waals surface area contributed by atoms with E-state index in [0.717, 1.165) is 90.8 Å². The minimum absolute atomic E-state index is 0.777. The van der Waals surface area contributed by atoms with Gasteiger partial charge in [0.05, 0.1) is 22.1 Å². The van der Waals surface area contributed by atoms with Crippen molar-refractivity contribution >= 4 is 99.5 Å². The van der Waals surface area contributed by atoms with E-state index < -0.39 is 0 Å². The normalized spacial score (nSPS) is 12.2. The number of benzene rings is 12. The highest BCUT2D eigenvalue weighted by Crippen LogP contribution is 2.47. The van der Waals surface area contributed by atoms with Crippen LogP contribution < -0.4 is 9.80 Å². The minimum atomic E-state index is 0.777. The first-order valence-electron chi connectivity index (χ1n) is 25.5. The number of anilines is 6. The molecule has 0 fully saturated rings. The van der Waals surface area contributed by atoms with Gasteiger partial charge in [0.2, 0.25) is 0 Å². The molecule has 74 heavy (non-hydrogen) atoms. The topological polar surface area (TPSA) is 32.8 Å². The molecule has 2 aromatic heterocycles. The summed E-state index contributed by atoms with van der Waals surface area (Å²) in [5, 5.41) is 9.17. The summed E-state index contributed by atoms with van der Waals surface area (Å²) >= 11 is 0. The van der Waals surface area contributed by atoms with E-state index in [1.165, 1.54) is 66.1 Å². The number of fused-ring (bicyclic) bond motifs is 14.